The Morgan fingerprint density at radius 1 is 0.667 bits per heavy atom. The van der Waals surface area contributed by atoms with E-state index in [2.05, 4.69) is 43.2 Å². The normalized spacial score (nSPS) is 16.4. The highest BCUT2D eigenvalue weighted by Crippen LogP contribution is 1.99. The molecule has 2 N–H and O–H groups in total. The Balaban J connectivity index is -0.000000529. The van der Waals surface area contributed by atoms with Gasteiger partial charge in [0, 0.05) is 89.8 Å². The highest BCUT2D eigenvalue weighted by molar-refractivity contribution is 5.91. The number of aliphatic carboxylic acids is 1. The number of halogens is 2. The minimum Gasteiger partial charge on any atom is -0.478 e. The van der Waals surface area contributed by atoms with E-state index in [-0.39, 0.29) is 24.8 Å². The van der Waals surface area contributed by atoms with Crippen LogP contribution in [0.1, 0.15) is 0 Å². The number of ether oxygens (including phenoxy) is 3. The van der Waals surface area contributed by atoms with Crippen molar-refractivity contribution in [3.05, 3.63) is 24.3 Å². The fraction of sp³-hybridized carbons (Fsp3) is 0.667. The third-order valence-corrected chi connectivity index (χ3v) is 5.38. The SMILES string of the molecule is CN1CCN(CCO)CC1.COC(=O)/C=C/C(=O)O.COC(=O)/C=C/C(=O)OCCN1CCN(C)CC1.Cl.Cl. The van der Waals surface area contributed by atoms with Gasteiger partial charge in [0.2, 0.25) is 0 Å². The molecular weight excluding hydrogens is 559 g/mol. The van der Waals surface area contributed by atoms with Gasteiger partial charge in [0.15, 0.2) is 0 Å². The van der Waals surface area contributed by atoms with Crippen LogP contribution in [0, 0.1) is 0 Å². The van der Waals surface area contributed by atoms with Crippen LogP contribution in [-0.2, 0) is 33.4 Å². The number of rotatable bonds is 9. The van der Waals surface area contributed by atoms with E-state index in [0.29, 0.717) is 19.3 Å². The van der Waals surface area contributed by atoms with Crippen LogP contribution in [0.15, 0.2) is 24.3 Å². The molecule has 2 aliphatic rings. The molecule has 39 heavy (non-hydrogen) atoms. The molecule has 0 aromatic rings. The molecule has 2 saturated heterocycles. The van der Waals surface area contributed by atoms with Gasteiger partial charge < -0.3 is 34.2 Å². The average Bonchev–Trinajstić information content (AvgIpc) is 2.89. The quantitative estimate of drug-likeness (QED) is 0.196. The number of aliphatic hydroxyl groups is 1. The second kappa shape index (κ2) is 26.0. The first-order valence-corrected chi connectivity index (χ1v) is 12.0. The Hall–Kier alpha value is -2.26. The molecule has 0 amide bonds. The van der Waals surface area contributed by atoms with E-state index in [0.717, 1.165) is 83.7 Å². The molecule has 2 fully saturated rings. The minimum absolute atomic E-state index is 0. The number of carbonyl (C=O) groups excluding carboxylic acids is 3. The van der Waals surface area contributed by atoms with Gasteiger partial charge in [0.1, 0.15) is 6.61 Å². The van der Waals surface area contributed by atoms with Crippen LogP contribution in [0.25, 0.3) is 0 Å². The summed E-state index contributed by atoms with van der Waals surface area (Å²) in [4.78, 5) is 50.9. The number of esters is 3. The summed E-state index contributed by atoms with van der Waals surface area (Å²) in [6.45, 7) is 10.8. The monoisotopic (exact) mass is 602 g/mol. The smallest absolute Gasteiger partial charge is 0.331 e. The molecular formula is C24H44Cl2N4O9. The number of carbonyl (C=O) groups is 4. The minimum atomic E-state index is -1.17. The molecule has 0 unspecified atom stereocenters. The van der Waals surface area contributed by atoms with Gasteiger partial charge in [-0.25, -0.2) is 19.2 Å². The Morgan fingerprint density at radius 3 is 1.44 bits per heavy atom. The van der Waals surface area contributed by atoms with Crippen molar-refractivity contribution in [2.24, 2.45) is 0 Å². The third-order valence-electron chi connectivity index (χ3n) is 5.38. The van der Waals surface area contributed by atoms with E-state index in [1.807, 2.05) is 0 Å². The van der Waals surface area contributed by atoms with Crippen LogP contribution >= 0.6 is 24.8 Å². The molecule has 0 aromatic carbocycles. The maximum Gasteiger partial charge on any atom is 0.331 e. The van der Waals surface area contributed by atoms with E-state index >= 15 is 0 Å². The zero-order valence-corrected chi connectivity index (χ0v) is 24.8. The highest BCUT2D eigenvalue weighted by Gasteiger charge is 2.13. The topological polar surface area (TPSA) is 149 Å². The van der Waals surface area contributed by atoms with Gasteiger partial charge in [0.05, 0.1) is 20.8 Å². The first-order valence-electron chi connectivity index (χ1n) is 12.0. The summed E-state index contributed by atoms with van der Waals surface area (Å²) in [5.74, 6) is -2.92. The lowest BCUT2D eigenvalue weighted by Crippen LogP contribution is -2.45. The number of carboxylic acids is 1. The third kappa shape index (κ3) is 24.5. The summed E-state index contributed by atoms with van der Waals surface area (Å²) < 4.78 is 13.5. The largest absolute Gasteiger partial charge is 0.478 e. The molecule has 2 heterocycles. The predicted octanol–water partition coefficient (Wildman–Crippen LogP) is -0.624. The molecule has 15 heteroatoms. The summed E-state index contributed by atoms with van der Waals surface area (Å²) in [6, 6.07) is 0. The van der Waals surface area contributed by atoms with E-state index in [1.54, 1.807) is 0 Å². The van der Waals surface area contributed by atoms with Crippen LogP contribution in [0.5, 0.6) is 0 Å². The molecule has 13 nitrogen and oxygen atoms in total. The number of methoxy groups -OCH3 is 2. The second-order valence-corrected chi connectivity index (χ2v) is 8.23. The summed E-state index contributed by atoms with van der Waals surface area (Å²) in [5.41, 5.74) is 0. The van der Waals surface area contributed by atoms with Gasteiger partial charge >= 0.3 is 23.9 Å². The standard InChI is InChI=1S/C12H20N2O4.C7H16N2O.C5H6O4.2ClH/c1-13-5-7-14(8-6-13)9-10-18-12(16)4-3-11(15)17-2;1-8-2-4-9(5-3-8)6-7-10;1-9-5(8)3-2-4(6)7;;/h3-4H,5-10H2,1-2H3;10H,2-7H2,1H3;2-3H,1H3,(H,6,7);2*1H/b4-3+;;3-2+;;. The summed E-state index contributed by atoms with van der Waals surface area (Å²) >= 11 is 0. The van der Waals surface area contributed by atoms with Crippen molar-refractivity contribution in [2.45, 2.75) is 0 Å². The number of carboxylic acid groups (broad SMARTS) is 1. The highest BCUT2D eigenvalue weighted by atomic mass is 35.5. The van der Waals surface area contributed by atoms with Crippen molar-refractivity contribution in [3.63, 3.8) is 0 Å². The van der Waals surface area contributed by atoms with Crippen molar-refractivity contribution in [1.29, 1.82) is 0 Å². The van der Waals surface area contributed by atoms with Crippen LogP contribution in [0.3, 0.4) is 0 Å². The van der Waals surface area contributed by atoms with Crippen molar-refractivity contribution >= 4 is 48.7 Å². The fourth-order valence-corrected chi connectivity index (χ4v) is 3.02. The molecule has 0 aromatic heterocycles. The zero-order valence-electron chi connectivity index (χ0n) is 23.2. The van der Waals surface area contributed by atoms with Crippen molar-refractivity contribution in [2.75, 3.05) is 107 Å². The molecule has 2 rings (SSSR count). The first kappa shape index (κ1) is 41.2. The molecule has 0 spiro atoms. The number of aliphatic hydroxyl groups excluding tert-OH is 1. The van der Waals surface area contributed by atoms with Gasteiger partial charge in [-0.3, -0.25) is 9.80 Å². The van der Waals surface area contributed by atoms with Gasteiger partial charge in [-0.1, -0.05) is 0 Å². The van der Waals surface area contributed by atoms with Crippen LogP contribution in [0.2, 0.25) is 0 Å². The number of likely N-dealkylation sites (N-methyl/N-ethyl adjacent to an activating group) is 2. The summed E-state index contributed by atoms with van der Waals surface area (Å²) in [5, 5.41) is 16.6. The van der Waals surface area contributed by atoms with Gasteiger partial charge in [-0.05, 0) is 14.1 Å². The number of piperazine rings is 2. The average molecular weight is 604 g/mol. The summed E-state index contributed by atoms with van der Waals surface area (Å²) in [7, 11) is 6.66. The van der Waals surface area contributed by atoms with E-state index < -0.39 is 23.9 Å². The molecule has 2 aliphatic heterocycles. The van der Waals surface area contributed by atoms with E-state index in [1.165, 1.54) is 14.2 Å². The molecule has 0 bridgehead atoms. The maximum atomic E-state index is 11.2. The molecule has 228 valence electrons. The van der Waals surface area contributed by atoms with Crippen LogP contribution in [-0.4, -0.2) is 161 Å². The zero-order chi connectivity index (χ0) is 28.1. The number of hydrogen-bond acceptors (Lipinski definition) is 12. The number of nitrogens with zero attached hydrogens (tertiary/aromatic N) is 4. The number of hydrogen-bond donors (Lipinski definition) is 2. The van der Waals surface area contributed by atoms with E-state index in [9.17, 15) is 19.2 Å². The Labute approximate surface area is 243 Å². The lowest BCUT2D eigenvalue weighted by molar-refractivity contribution is -0.139. The lowest BCUT2D eigenvalue weighted by atomic mass is 10.3. The lowest BCUT2D eigenvalue weighted by Gasteiger charge is -2.31. The molecule has 0 aliphatic carbocycles. The first-order chi connectivity index (χ1) is 17.6. The Bertz CT molecular complexity index is 741. The predicted molar refractivity (Wildman–Crippen MR) is 150 cm³/mol. The van der Waals surface area contributed by atoms with Gasteiger partial charge in [-0.2, -0.15) is 0 Å². The Morgan fingerprint density at radius 2 is 1.05 bits per heavy atom. The van der Waals surface area contributed by atoms with Gasteiger partial charge in [-0.15, -0.1) is 24.8 Å². The summed E-state index contributed by atoms with van der Waals surface area (Å²) in [6.07, 6.45) is 3.68. The van der Waals surface area contributed by atoms with E-state index in [4.69, 9.17) is 14.9 Å². The van der Waals surface area contributed by atoms with Gasteiger partial charge in [0.25, 0.3) is 0 Å². The van der Waals surface area contributed by atoms with Crippen LogP contribution < -0.4 is 0 Å². The fourth-order valence-electron chi connectivity index (χ4n) is 3.02. The van der Waals surface area contributed by atoms with Crippen molar-refractivity contribution in [1.82, 2.24) is 19.6 Å². The number of β-amino-alcohol motifs (C(OH)–C–C–N with tert-alkyl or cyclic N) is 1. The van der Waals surface area contributed by atoms with Crippen molar-refractivity contribution < 1.29 is 43.6 Å². The van der Waals surface area contributed by atoms with Crippen LogP contribution in [0.4, 0.5) is 0 Å². The Kier molecular flexibility index (Phi) is 27.5. The second-order valence-electron chi connectivity index (χ2n) is 8.23. The molecule has 0 saturated carbocycles. The maximum absolute atomic E-state index is 11.2. The molecule has 0 atom stereocenters. The van der Waals surface area contributed by atoms with Crippen molar-refractivity contribution in [3.8, 4) is 0 Å². The molecule has 0 radical (unpaired) electrons.